The van der Waals surface area contributed by atoms with Crippen LogP contribution in [0.3, 0.4) is 0 Å². The molecule has 0 fully saturated rings. The van der Waals surface area contributed by atoms with Crippen molar-refractivity contribution in [3.8, 4) is 0 Å². The number of quaternary nitrogens is 1. The summed E-state index contributed by atoms with van der Waals surface area (Å²) in [5, 5.41) is 11.7. The van der Waals surface area contributed by atoms with E-state index in [9.17, 15) is 19.5 Å². The van der Waals surface area contributed by atoms with Gasteiger partial charge in [-0.25, -0.2) is 0 Å². The number of nitrogens with zero attached hydrogens (tertiary/aromatic N) is 1. The molecule has 2 atom stereocenters. The van der Waals surface area contributed by atoms with Crippen molar-refractivity contribution in [2.75, 3.05) is 47.5 Å². The predicted octanol–water partition coefficient (Wildman–Crippen LogP) is 13.4. The molecule has 0 N–H and O–H groups in total. The maximum absolute atomic E-state index is 12.8. The second-order valence-corrected chi connectivity index (χ2v) is 18.1. The Balaban J connectivity index is 4.45. The maximum Gasteiger partial charge on any atom is 0.306 e. The van der Waals surface area contributed by atoms with E-state index in [2.05, 4.69) is 123 Å². The molecule has 0 aromatic carbocycles. The van der Waals surface area contributed by atoms with Gasteiger partial charge in [-0.15, -0.1) is 0 Å². The molecule has 0 bridgehead atoms. The first-order chi connectivity index (χ1) is 32.6. The summed E-state index contributed by atoms with van der Waals surface area (Å²) in [5.74, 6) is -2.35. The molecule has 0 aliphatic rings. The molecular formula is C58H95NO8. The van der Waals surface area contributed by atoms with Crippen molar-refractivity contribution in [3.05, 3.63) is 109 Å². The van der Waals surface area contributed by atoms with Crippen molar-refractivity contribution in [3.63, 3.8) is 0 Å². The summed E-state index contributed by atoms with van der Waals surface area (Å²) in [6, 6.07) is 0. The molecule has 0 aliphatic heterocycles. The minimum atomic E-state index is -1.64. The zero-order chi connectivity index (χ0) is 49.2. The summed E-state index contributed by atoms with van der Waals surface area (Å²) < 4.78 is 22.6. The fourth-order valence-corrected chi connectivity index (χ4v) is 6.48. The highest BCUT2D eigenvalue weighted by molar-refractivity contribution is 5.70. The Labute approximate surface area is 409 Å². The molecule has 0 aromatic heterocycles. The number of unbranched alkanes of at least 4 members (excludes halogenated alkanes) is 13. The lowest BCUT2D eigenvalue weighted by molar-refractivity contribution is -0.870. The van der Waals surface area contributed by atoms with Gasteiger partial charge < -0.3 is 33.3 Å². The third-order valence-corrected chi connectivity index (χ3v) is 10.5. The summed E-state index contributed by atoms with van der Waals surface area (Å²) in [4.78, 5) is 37.2. The van der Waals surface area contributed by atoms with Crippen molar-refractivity contribution in [1.29, 1.82) is 0 Å². The molecule has 2 unspecified atom stereocenters. The minimum absolute atomic E-state index is 0.133. The van der Waals surface area contributed by atoms with Crippen LogP contribution in [0.25, 0.3) is 0 Å². The molecule has 0 rings (SSSR count). The molecule has 380 valence electrons. The van der Waals surface area contributed by atoms with Crippen molar-refractivity contribution in [1.82, 2.24) is 0 Å². The van der Waals surface area contributed by atoms with E-state index in [1.807, 2.05) is 21.1 Å². The molecule has 0 amide bonds. The van der Waals surface area contributed by atoms with Crippen LogP contribution in [0.15, 0.2) is 109 Å². The lowest BCUT2D eigenvalue weighted by atomic mass is 10.1. The number of esters is 2. The number of carboxylic acids is 1. The molecule has 0 aromatic rings. The number of hydrogen-bond donors (Lipinski definition) is 0. The Bertz CT molecular complexity index is 1460. The van der Waals surface area contributed by atoms with E-state index in [1.54, 1.807) is 0 Å². The van der Waals surface area contributed by atoms with Gasteiger partial charge in [0, 0.05) is 12.8 Å². The van der Waals surface area contributed by atoms with Gasteiger partial charge in [0.15, 0.2) is 12.4 Å². The Morgan fingerprint density at radius 1 is 0.463 bits per heavy atom. The average molecular weight is 934 g/mol. The second kappa shape index (κ2) is 48.4. The minimum Gasteiger partial charge on any atom is -0.545 e. The highest BCUT2D eigenvalue weighted by Gasteiger charge is 2.21. The van der Waals surface area contributed by atoms with Crippen LogP contribution in [0.2, 0.25) is 0 Å². The fourth-order valence-electron chi connectivity index (χ4n) is 6.48. The summed E-state index contributed by atoms with van der Waals surface area (Å²) in [5.41, 5.74) is 0. The molecule has 0 heterocycles. The number of aliphatic carboxylic acids is 1. The summed E-state index contributed by atoms with van der Waals surface area (Å²) in [6.07, 6.45) is 62.6. The first kappa shape index (κ1) is 63.0. The average Bonchev–Trinajstić information content (AvgIpc) is 3.29. The van der Waals surface area contributed by atoms with Gasteiger partial charge in [0.1, 0.15) is 13.2 Å². The molecule has 0 saturated heterocycles. The third kappa shape index (κ3) is 49.7. The van der Waals surface area contributed by atoms with E-state index < -0.39 is 24.3 Å². The van der Waals surface area contributed by atoms with Crippen LogP contribution in [0, 0.1) is 0 Å². The van der Waals surface area contributed by atoms with Crippen LogP contribution >= 0.6 is 0 Å². The largest absolute Gasteiger partial charge is 0.545 e. The highest BCUT2D eigenvalue weighted by Crippen LogP contribution is 2.12. The summed E-state index contributed by atoms with van der Waals surface area (Å²) in [6.45, 7) is 4.53. The van der Waals surface area contributed by atoms with Crippen LogP contribution < -0.4 is 5.11 Å². The Morgan fingerprint density at radius 3 is 1.27 bits per heavy atom. The quantitative estimate of drug-likeness (QED) is 0.0195. The second-order valence-electron chi connectivity index (χ2n) is 18.1. The monoisotopic (exact) mass is 934 g/mol. The van der Waals surface area contributed by atoms with Gasteiger partial charge in [0.25, 0.3) is 0 Å². The smallest absolute Gasteiger partial charge is 0.306 e. The van der Waals surface area contributed by atoms with E-state index in [1.165, 1.54) is 25.7 Å². The van der Waals surface area contributed by atoms with Gasteiger partial charge >= 0.3 is 11.9 Å². The van der Waals surface area contributed by atoms with E-state index in [0.717, 1.165) is 116 Å². The lowest BCUT2D eigenvalue weighted by Gasteiger charge is -2.26. The van der Waals surface area contributed by atoms with E-state index in [4.69, 9.17) is 18.9 Å². The van der Waals surface area contributed by atoms with Gasteiger partial charge in [-0.05, 0) is 103 Å². The van der Waals surface area contributed by atoms with Crippen molar-refractivity contribution < 1.29 is 42.9 Å². The Kier molecular flexibility index (Phi) is 45.5. The molecule has 0 aliphatic carbocycles. The van der Waals surface area contributed by atoms with Gasteiger partial charge in [-0.1, -0.05) is 175 Å². The number of allylic oxidation sites excluding steroid dienone is 18. The number of carbonyl (C=O) groups is 3. The van der Waals surface area contributed by atoms with E-state index in [-0.39, 0.29) is 38.6 Å². The number of rotatable bonds is 46. The first-order valence-electron chi connectivity index (χ1n) is 26.0. The topological polar surface area (TPSA) is 111 Å². The van der Waals surface area contributed by atoms with Gasteiger partial charge in [0.2, 0.25) is 0 Å². The number of likely N-dealkylation sites (N-methyl/N-ethyl adjacent to an activating group) is 1. The molecule has 0 spiro atoms. The first-order valence-corrected chi connectivity index (χ1v) is 26.0. The molecule has 9 nitrogen and oxygen atoms in total. The van der Waals surface area contributed by atoms with Crippen LogP contribution in [0.5, 0.6) is 0 Å². The zero-order valence-electron chi connectivity index (χ0n) is 43.0. The lowest BCUT2D eigenvalue weighted by Crippen LogP contribution is -2.44. The standard InChI is InChI=1S/C58H95NO8/c1-6-8-10-12-14-16-18-20-22-24-26-27-28-29-31-33-35-37-39-41-43-45-47-49-56(61)67-54(53-66-58(57(62)63)64-51-50-59(3,4)5)52-65-55(60)48-46-44-42-40-38-36-34-32-30-25-23-21-19-17-15-13-11-9-7-2/h8,10,14-17,20-23,26-27,29-32,35,37,54,58H,6-7,9,11-13,18-19,24-25,28,33-34,36,38-53H2,1-5H3/b10-8-,16-14-,17-15-,22-20-,23-21-,27-26-,31-29-,32-30-,37-35-. The van der Waals surface area contributed by atoms with Crippen molar-refractivity contribution in [2.24, 2.45) is 0 Å². The fraction of sp³-hybridized carbons (Fsp3) is 0.638. The van der Waals surface area contributed by atoms with Crippen LogP contribution in [0.1, 0.15) is 181 Å². The van der Waals surface area contributed by atoms with Gasteiger partial charge in [-0.3, -0.25) is 9.59 Å². The van der Waals surface area contributed by atoms with E-state index >= 15 is 0 Å². The summed E-state index contributed by atoms with van der Waals surface area (Å²) in [7, 11) is 5.89. The van der Waals surface area contributed by atoms with Gasteiger partial charge in [-0.2, -0.15) is 0 Å². The van der Waals surface area contributed by atoms with Gasteiger partial charge in [0.05, 0.1) is 40.3 Å². The third-order valence-electron chi connectivity index (χ3n) is 10.5. The summed E-state index contributed by atoms with van der Waals surface area (Å²) >= 11 is 0. The number of hydrogen-bond acceptors (Lipinski definition) is 8. The van der Waals surface area contributed by atoms with Crippen molar-refractivity contribution >= 4 is 17.9 Å². The van der Waals surface area contributed by atoms with Crippen LogP contribution in [-0.2, 0) is 33.3 Å². The number of carbonyl (C=O) groups excluding carboxylic acids is 3. The molecular weight excluding hydrogens is 839 g/mol. The van der Waals surface area contributed by atoms with Crippen molar-refractivity contribution in [2.45, 2.75) is 193 Å². The number of carboxylic acid groups (broad SMARTS) is 1. The zero-order valence-corrected chi connectivity index (χ0v) is 43.0. The Hall–Kier alpha value is -4.05. The van der Waals surface area contributed by atoms with E-state index in [0.29, 0.717) is 23.9 Å². The number of ether oxygens (including phenoxy) is 4. The van der Waals surface area contributed by atoms with Crippen LogP contribution in [0.4, 0.5) is 0 Å². The van der Waals surface area contributed by atoms with Crippen LogP contribution in [-0.4, -0.2) is 82.3 Å². The normalized spacial score (nSPS) is 13.7. The molecule has 9 heteroatoms. The predicted molar refractivity (Wildman–Crippen MR) is 278 cm³/mol. The SMILES string of the molecule is CC/C=C\C/C=C\C/C=C\C/C=C\C/C=C\C/C=C\CCCCCCC(=O)OC(COC(=O)CCCCCCCC/C=C\C/C=C\C/C=C\CCCCC)COC(OCC[N+](C)(C)C)C(=O)[O-]. The maximum atomic E-state index is 12.8. The Morgan fingerprint density at radius 2 is 0.851 bits per heavy atom. The molecule has 0 saturated carbocycles. The molecule has 67 heavy (non-hydrogen) atoms. The molecule has 0 radical (unpaired) electrons. The highest BCUT2D eigenvalue weighted by atomic mass is 16.7.